The Balaban J connectivity index is 2.61. The predicted octanol–water partition coefficient (Wildman–Crippen LogP) is 4.03. The quantitative estimate of drug-likeness (QED) is 0.842. The number of benzene rings is 1. The van der Waals surface area contributed by atoms with Crippen molar-refractivity contribution in [2.45, 2.75) is 13.5 Å². The molecule has 0 amide bonds. The van der Waals surface area contributed by atoms with Crippen LogP contribution in [0.4, 0.5) is 0 Å². The summed E-state index contributed by atoms with van der Waals surface area (Å²) in [4.78, 5) is 7.64. The van der Waals surface area contributed by atoms with Gasteiger partial charge in [0, 0.05) is 7.11 Å². The molecule has 0 bridgehead atoms. The predicted molar refractivity (Wildman–Crippen MR) is 84.6 cm³/mol. The molecule has 0 aliphatic heterocycles. The number of aromatic nitrogens is 2. The molecule has 1 N–H and O–H groups in total. The Bertz CT molecular complexity index is 685. The molecule has 0 saturated heterocycles. The van der Waals surface area contributed by atoms with Crippen molar-refractivity contribution in [3.8, 4) is 17.1 Å². The Kier molecular flexibility index (Phi) is 4.91. The number of nitrogens with one attached hydrogen (secondary N) is 1. The molecule has 0 unspecified atom stereocenters. The summed E-state index contributed by atoms with van der Waals surface area (Å²) in [5, 5.41) is 0. The van der Waals surface area contributed by atoms with E-state index in [4.69, 9.17) is 21.7 Å². The summed E-state index contributed by atoms with van der Waals surface area (Å²) in [6.45, 7) is 2.44. The van der Waals surface area contributed by atoms with Gasteiger partial charge in [0.25, 0.3) is 0 Å². The Morgan fingerprint density at radius 2 is 2.10 bits per heavy atom. The van der Waals surface area contributed by atoms with Crippen LogP contribution in [0.2, 0.25) is 0 Å². The normalized spacial score (nSPS) is 10.6. The van der Waals surface area contributed by atoms with Gasteiger partial charge in [0.05, 0.1) is 29.4 Å². The zero-order valence-electron chi connectivity index (χ0n) is 11.5. The first-order valence-electron chi connectivity index (χ1n) is 5.99. The minimum atomic E-state index is 0.425. The highest BCUT2D eigenvalue weighted by atomic mass is 79.9. The number of hydrogen-bond acceptors (Lipinski definition) is 4. The van der Waals surface area contributed by atoms with Gasteiger partial charge in [-0.1, -0.05) is 18.3 Å². The molecule has 2 rings (SSSR count). The average Bonchev–Trinajstić information content (AvgIpc) is 2.43. The van der Waals surface area contributed by atoms with Crippen molar-refractivity contribution in [3.05, 3.63) is 38.6 Å². The molecule has 0 spiro atoms. The van der Waals surface area contributed by atoms with E-state index in [1.54, 1.807) is 14.2 Å². The van der Waals surface area contributed by atoms with Crippen LogP contribution in [0.1, 0.15) is 11.3 Å². The number of halogens is 1. The van der Waals surface area contributed by atoms with Crippen molar-refractivity contribution in [2.75, 3.05) is 14.2 Å². The fourth-order valence-corrected chi connectivity index (χ4v) is 2.39. The van der Waals surface area contributed by atoms with E-state index >= 15 is 0 Å². The number of rotatable bonds is 4. The van der Waals surface area contributed by atoms with Crippen LogP contribution < -0.4 is 4.74 Å². The number of ether oxygens (including phenoxy) is 2. The maximum absolute atomic E-state index is 5.41. The Hall–Kier alpha value is -1.24. The molecule has 6 heteroatoms. The molecule has 0 aliphatic carbocycles. The first-order chi connectivity index (χ1) is 9.56. The van der Waals surface area contributed by atoms with Gasteiger partial charge < -0.3 is 14.5 Å². The fourth-order valence-electron chi connectivity index (χ4n) is 1.87. The largest absolute Gasteiger partial charge is 0.496 e. The van der Waals surface area contributed by atoms with E-state index in [0.717, 1.165) is 27.0 Å². The Morgan fingerprint density at radius 1 is 1.35 bits per heavy atom. The van der Waals surface area contributed by atoms with Crippen molar-refractivity contribution < 1.29 is 9.47 Å². The van der Waals surface area contributed by atoms with Gasteiger partial charge in [-0.15, -0.1) is 0 Å². The van der Waals surface area contributed by atoms with Crippen molar-refractivity contribution in [1.29, 1.82) is 0 Å². The molecule has 1 aromatic carbocycles. The third kappa shape index (κ3) is 3.08. The van der Waals surface area contributed by atoms with Crippen molar-refractivity contribution in [1.82, 2.24) is 9.97 Å². The van der Waals surface area contributed by atoms with Crippen LogP contribution in [0, 0.1) is 11.6 Å². The lowest BCUT2D eigenvalue weighted by molar-refractivity contribution is 0.181. The molecule has 4 nitrogen and oxygen atoms in total. The van der Waals surface area contributed by atoms with Gasteiger partial charge >= 0.3 is 0 Å². The molecule has 2 aromatic rings. The van der Waals surface area contributed by atoms with E-state index in [2.05, 4.69) is 25.9 Å². The van der Waals surface area contributed by atoms with Crippen LogP contribution in [-0.2, 0) is 11.3 Å². The molecule has 20 heavy (non-hydrogen) atoms. The third-order valence-electron chi connectivity index (χ3n) is 2.84. The van der Waals surface area contributed by atoms with Gasteiger partial charge in [0.15, 0.2) is 0 Å². The van der Waals surface area contributed by atoms with Crippen LogP contribution in [0.25, 0.3) is 11.4 Å². The summed E-state index contributed by atoms with van der Waals surface area (Å²) in [5.74, 6) is 1.43. The lowest BCUT2D eigenvalue weighted by Gasteiger charge is -2.11. The van der Waals surface area contributed by atoms with Gasteiger partial charge in [0.1, 0.15) is 16.2 Å². The number of hydrogen-bond donors (Lipinski definition) is 1. The minimum Gasteiger partial charge on any atom is -0.496 e. The van der Waals surface area contributed by atoms with Crippen LogP contribution in [0.15, 0.2) is 22.7 Å². The van der Waals surface area contributed by atoms with Crippen LogP contribution in [-0.4, -0.2) is 24.2 Å². The number of aromatic amines is 1. The fraction of sp³-hybridized carbons (Fsp3) is 0.286. The van der Waals surface area contributed by atoms with Gasteiger partial charge in [-0.3, -0.25) is 0 Å². The SMILES string of the molecule is COCc1[nH]c(-c2ccc(C)cc2OC)nc(=S)c1Br. The van der Waals surface area contributed by atoms with E-state index in [-0.39, 0.29) is 0 Å². The Morgan fingerprint density at radius 3 is 2.75 bits per heavy atom. The highest BCUT2D eigenvalue weighted by molar-refractivity contribution is 9.10. The minimum absolute atomic E-state index is 0.425. The number of aryl methyl sites for hydroxylation is 1. The smallest absolute Gasteiger partial charge is 0.144 e. The molecule has 1 aromatic heterocycles. The molecule has 0 radical (unpaired) electrons. The molecule has 0 atom stereocenters. The summed E-state index contributed by atoms with van der Waals surface area (Å²) in [7, 11) is 3.28. The monoisotopic (exact) mass is 354 g/mol. The van der Waals surface area contributed by atoms with Gasteiger partial charge in [-0.2, -0.15) is 0 Å². The highest BCUT2D eigenvalue weighted by Crippen LogP contribution is 2.30. The lowest BCUT2D eigenvalue weighted by Crippen LogP contribution is -2.01. The number of methoxy groups -OCH3 is 2. The van der Waals surface area contributed by atoms with Gasteiger partial charge in [0.2, 0.25) is 0 Å². The first-order valence-corrected chi connectivity index (χ1v) is 7.19. The van der Waals surface area contributed by atoms with E-state index in [0.29, 0.717) is 17.1 Å². The van der Waals surface area contributed by atoms with Crippen LogP contribution >= 0.6 is 28.1 Å². The second-order valence-corrected chi connectivity index (χ2v) is 5.50. The summed E-state index contributed by atoms with van der Waals surface area (Å²) in [6, 6.07) is 5.94. The zero-order chi connectivity index (χ0) is 14.7. The second-order valence-electron chi connectivity index (χ2n) is 4.32. The average molecular weight is 355 g/mol. The molecule has 0 aliphatic rings. The van der Waals surface area contributed by atoms with E-state index in [9.17, 15) is 0 Å². The van der Waals surface area contributed by atoms with E-state index < -0.39 is 0 Å². The maximum atomic E-state index is 5.41. The third-order valence-corrected chi connectivity index (χ3v) is 4.25. The van der Waals surface area contributed by atoms with Crippen LogP contribution in [0.5, 0.6) is 5.75 Å². The van der Waals surface area contributed by atoms with Crippen molar-refractivity contribution in [2.24, 2.45) is 0 Å². The standard InChI is InChI=1S/C14H15BrN2O2S/c1-8-4-5-9(11(6-8)19-3)13-16-10(7-18-2)12(15)14(20)17-13/h4-6H,7H2,1-3H3,(H,16,17,20). The number of H-pyrrole nitrogens is 1. The highest BCUT2D eigenvalue weighted by Gasteiger charge is 2.12. The lowest BCUT2D eigenvalue weighted by atomic mass is 10.1. The number of nitrogens with zero attached hydrogens (tertiary/aromatic N) is 1. The first kappa shape index (κ1) is 15.2. The Labute approximate surface area is 131 Å². The summed E-state index contributed by atoms with van der Waals surface area (Å²) in [5.41, 5.74) is 2.85. The molecular formula is C14H15BrN2O2S. The molecule has 0 saturated carbocycles. The summed E-state index contributed by atoms with van der Waals surface area (Å²) < 4.78 is 11.8. The van der Waals surface area contributed by atoms with Gasteiger partial charge in [-0.05, 0) is 40.5 Å². The van der Waals surface area contributed by atoms with Gasteiger partial charge in [-0.25, -0.2) is 4.98 Å². The summed E-state index contributed by atoms with van der Waals surface area (Å²) >= 11 is 8.70. The van der Waals surface area contributed by atoms with Crippen molar-refractivity contribution >= 4 is 28.1 Å². The summed E-state index contributed by atoms with van der Waals surface area (Å²) in [6.07, 6.45) is 0. The second kappa shape index (κ2) is 6.47. The van der Waals surface area contributed by atoms with E-state index in [1.165, 1.54) is 0 Å². The van der Waals surface area contributed by atoms with Crippen LogP contribution in [0.3, 0.4) is 0 Å². The topological polar surface area (TPSA) is 47.1 Å². The van der Waals surface area contributed by atoms with Crippen molar-refractivity contribution in [3.63, 3.8) is 0 Å². The molecule has 106 valence electrons. The zero-order valence-corrected chi connectivity index (χ0v) is 13.9. The van der Waals surface area contributed by atoms with E-state index in [1.807, 2.05) is 25.1 Å². The molecular weight excluding hydrogens is 340 g/mol. The molecule has 0 fully saturated rings. The molecule has 1 heterocycles. The maximum Gasteiger partial charge on any atom is 0.144 e.